The number of quaternary nitrogens is 1. The number of hydrogen-bond donors (Lipinski definition) is 0. The van der Waals surface area contributed by atoms with E-state index < -0.39 is 0 Å². The monoisotopic (exact) mass is 420 g/mol. The number of rotatable bonds is 19. The Hall–Kier alpha value is 0.400. The minimum atomic E-state index is 0.175. The number of likely N-dealkylation sites (N-methyl/N-ethyl adjacent to an activating group) is 1. The molecule has 0 amide bonds. The van der Waals surface area contributed by atoms with Crippen LogP contribution < -0.4 is 0 Å². The van der Waals surface area contributed by atoms with Gasteiger partial charge >= 0.3 is 0 Å². The predicted molar refractivity (Wildman–Crippen MR) is 116 cm³/mol. The molecule has 1 atom stereocenters. The number of alkyl halides is 1. The van der Waals surface area contributed by atoms with E-state index in [-0.39, 0.29) is 5.01 Å². The van der Waals surface area contributed by atoms with Crippen LogP contribution in [-0.4, -0.2) is 43.3 Å². The van der Waals surface area contributed by atoms with Crippen LogP contribution in [0.1, 0.15) is 104 Å². The lowest BCUT2D eigenvalue weighted by Crippen LogP contribution is -2.43. The van der Waals surface area contributed by atoms with Gasteiger partial charge in [0, 0.05) is 0 Å². The molecule has 0 saturated heterocycles. The highest BCUT2D eigenvalue weighted by Gasteiger charge is 2.14. The van der Waals surface area contributed by atoms with Gasteiger partial charge in [0.2, 0.25) is 0 Å². The molecule has 0 aromatic carbocycles. The number of hydrogen-bond acceptors (Lipinski definition) is 1. The van der Waals surface area contributed by atoms with Crippen LogP contribution in [0.3, 0.4) is 0 Å². The molecule has 0 rings (SSSR count). The molecule has 2 nitrogen and oxygen atoms in total. The Morgan fingerprint density at radius 3 is 1.48 bits per heavy atom. The highest BCUT2D eigenvalue weighted by Crippen LogP contribution is 2.13. The normalized spacial score (nSPS) is 13.3. The first-order valence-corrected chi connectivity index (χ1v) is 12.0. The summed E-state index contributed by atoms with van der Waals surface area (Å²) in [6.07, 6.45) is 20.1. The minimum absolute atomic E-state index is 0.175. The number of halogens is 1. The van der Waals surface area contributed by atoms with Crippen molar-refractivity contribution >= 4 is 15.9 Å². The van der Waals surface area contributed by atoms with E-state index in [0.29, 0.717) is 0 Å². The van der Waals surface area contributed by atoms with Gasteiger partial charge in [-0.15, -0.1) is 0 Å². The Morgan fingerprint density at radius 2 is 1.08 bits per heavy atom. The highest BCUT2D eigenvalue weighted by molar-refractivity contribution is 9.09. The lowest BCUT2D eigenvalue weighted by molar-refractivity contribution is -0.891. The molecule has 0 spiro atoms. The number of ether oxygens (including phenoxy) is 1. The zero-order chi connectivity index (χ0) is 18.8. The summed E-state index contributed by atoms with van der Waals surface area (Å²) in [4.78, 5) is 0. The first-order chi connectivity index (χ1) is 12.0. The Balaban J connectivity index is 3.25. The average Bonchev–Trinajstić information content (AvgIpc) is 2.54. The van der Waals surface area contributed by atoms with E-state index in [0.717, 1.165) is 17.6 Å². The summed E-state index contributed by atoms with van der Waals surface area (Å²) in [5.41, 5.74) is 0. The fourth-order valence-electron chi connectivity index (χ4n) is 3.31. The van der Waals surface area contributed by atoms with Gasteiger partial charge in [0.15, 0.2) is 0 Å². The van der Waals surface area contributed by atoms with Gasteiger partial charge in [0.05, 0.1) is 27.2 Å². The molecular weight excluding hydrogens is 374 g/mol. The largest absolute Gasteiger partial charge is 0.361 e. The molecular formula is C22H47BrNO+. The molecule has 0 bridgehead atoms. The third-order valence-corrected chi connectivity index (χ3v) is 5.43. The quantitative estimate of drug-likeness (QED) is 0.121. The summed E-state index contributed by atoms with van der Waals surface area (Å²) < 4.78 is 6.68. The molecule has 0 saturated carbocycles. The van der Waals surface area contributed by atoms with Gasteiger partial charge in [-0.1, -0.05) is 99.9 Å². The molecule has 1 unspecified atom stereocenters. The van der Waals surface area contributed by atoms with Gasteiger partial charge in [-0.05, 0) is 19.8 Å². The second kappa shape index (κ2) is 17.8. The molecule has 0 radical (unpaired) electrons. The lowest BCUT2D eigenvalue weighted by atomic mass is 10.0. The van der Waals surface area contributed by atoms with Crippen molar-refractivity contribution < 1.29 is 9.22 Å². The third kappa shape index (κ3) is 20.6. The van der Waals surface area contributed by atoms with Crippen LogP contribution in [0, 0.1) is 0 Å². The number of nitrogens with zero attached hydrogens (tertiary/aromatic N) is 1. The first-order valence-electron chi connectivity index (χ1n) is 11.1. The molecule has 25 heavy (non-hydrogen) atoms. The molecule has 0 aliphatic heterocycles. The summed E-state index contributed by atoms with van der Waals surface area (Å²) in [5.74, 6) is 0. The Morgan fingerprint density at radius 1 is 0.680 bits per heavy atom. The van der Waals surface area contributed by atoms with Crippen molar-refractivity contribution in [2.75, 3.05) is 33.8 Å². The maximum absolute atomic E-state index is 5.60. The molecule has 0 aromatic heterocycles. The lowest BCUT2D eigenvalue weighted by Gasteiger charge is -2.30. The third-order valence-electron chi connectivity index (χ3n) is 5.16. The van der Waals surface area contributed by atoms with E-state index in [1.54, 1.807) is 0 Å². The predicted octanol–water partition coefficient (Wildman–Crippen LogP) is 7.30. The number of unbranched alkanes of at least 4 members (excludes halogenated alkanes) is 13. The van der Waals surface area contributed by atoms with Gasteiger partial charge < -0.3 is 9.22 Å². The fourth-order valence-corrected chi connectivity index (χ4v) is 3.50. The molecule has 0 aromatic rings. The summed E-state index contributed by atoms with van der Waals surface area (Å²) >= 11 is 3.43. The first kappa shape index (κ1) is 25.4. The second-order valence-electron chi connectivity index (χ2n) is 8.39. The van der Waals surface area contributed by atoms with E-state index in [2.05, 4.69) is 36.9 Å². The molecule has 152 valence electrons. The van der Waals surface area contributed by atoms with Crippen LogP contribution in [0.2, 0.25) is 0 Å². The van der Waals surface area contributed by atoms with Crippen molar-refractivity contribution in [1.29, 1.82) is 0 Å². The van der Waals surface area contributed by atoms with Crippen LogP contribution in [0.4, 0.5) is 0 Å². The van der Waals surface area contributed by atoms with Gasteiger partial charge in [-0.25, -0.2) is 0 Å². The van der Waals surface area contributed by atoms with Crippen molar-refractivity contribution in [3.8, 4) is 0 Å². The second-order valence-corrected chi connectivity index (χ2v) is 9.68. The van der Waals surface area contributed by atoms with Crippen molar-refractivity contribution in [3.05, 3.63) is 0 Å². The van der Waals surface area contributed by atoms with E-state index in [1.807, 2.05) is 6.92 Å². The minimum Gasteiger partial charge on any atom is -0.361 e. The van der Waals surface area contributed by atoms with Crippen molar-refractivity contribution in [1.82, 2.24) is 0 Å². The molecule has 3 heteroatoms. The Labute approximate surface area is 167 Å². The fraction of sp³-hybridized carbons (Fsp3) is 1.00. The average molecular weight is 422 g/mol. The van der Waals surface area contributed by atoms with Crippen LogP contribution in [0.25, 0.3) is 0 Å². The topological polar surface area (TPSA) is 9.23 Å². The standard InChI is InChI=1S/C22H47BrNO/c1-5-6-7-8-9-10-11-12-13-14-15-16-17-18-19-24(3,4)20-21-25-22(2)23/h22H,5-21H2,1-4H3/q+1. The van der Waals surface area contributed by atoms with Gasteiger partial charge in [0.1, 0.15) is 11.6 Å². The molecule has 0 heterocycles. The molecule has 0 fully saturated rings. The van der Waals surface area contributed by atoms with Crippen LogP contribution >= 0.6 is 15.9 Å². The van der Waals surface area contributed by atoms with E-state index in [4.69, 9.17) is 4.74 Å². The Bertz CT molecular complexity index is 269. The van der Waals surface area contributed by atoms with Crippen molar-refractivity contribution in [3.63, 3.8) is 0 Å². The summed E-state index contributed by atoms with van der Waals surface area (Å²) in [6.45, 7) is 7.56. The molecule has 0 aliphatic rings. The van der Waals surface area contributed by atoms with E-state index in [1.165, 1.54) is 96.4 Å². The van der Waals surface area contributed by atoms with E-state index >= 15 is 0 Å². The van der Waals surface area contributed by atoms with Crippen molar-refractivity contribution in [2.45, 2.75) is 109 Å². The van der Waals surface area contributed by atoms with Gasteiger partial charge in [0.25, 0.3) is 0 Å². The van der Waals surface area contributed by atoms with Crippen molar-refractivity contribution in [2.24, 2.45) is 0 Å². The smallest absolute Gasteiger partial charge is 0.110 e. The summed E-state index contributed by atoms with van der Waals surface area (Å²) in [6, 6.07) is 0. The summed E-state index contributed by atoms with van der Waals surface area (Å²) in [7, 11) is 4.65. The maximum Gasteiger partial charge on any atom is 0.110 e. The zero-order valence-corrected chi connectivity index (χ0v) is 19.4. The van der Waals surface area contributed by atoms with E-state index in [9.17, 15) is 0 Å². The zero-order valence-electron chi connectivity index (χ0n) is 17.8. The SMILES string of the molecule is CCCCCCCCCCCCCCCC[N+](C)(C)CCOC(C)Br. The van der Waals surface area contributed by atoms with Crippen LogP contribution in [-0.2, 0) is 4.74 Å². The maximum atomic E-state index is 5.60. The van der Waals surface area contributed by atoms with Gasteiger partial charge in [-0.2, -0.15) is 0 Å². The Kier molecular flexibility index (Phi) is 18.1. The summed E-state index contributed by atoms with van der Waals surface area (Å²) in [5, 5.41) is 0.175. The molecule has 0 N–H and O–H groups in total. The van der Waals surface area contributed by atoms with Crippen LogP contribution in [0.5, 0.6) is 0 Å². The molecule has 0 aliphatic carbocycles. The van der Waals surface area contributed by atoms with Crippen LogP contribution in [0.15, 0.2) is 0 Å². The van der Waals surface area contributed by atoms with Gasteiger partial charge in [-0.3, -0.25) is 0 Å². The highest BCUT2D eigenvalue weighted by atomic mass is 79.9.